The van der Waals surface area contributed by atoms with E-state index in [0.29, 0.717) is 28.4 Å². The maximum Gasteiger partial charge on any atom is 0.274 e. The van der Waals surface area contributed by atoms with Crippen LogP contribution in [0.2, 0.25) is 0 Å². The molecule has 0 aliphatic carbocycles. The monoisotopic (exact) mass is 383 g/mol. The summed E-state index contributed by atoms with van der Waals surface area (Å²) < 4.78 is 15.9. The number of amides is 1. The molecule has 1 saturated heterocycles. The fourth-order valence-corrected chi connectivity index (χ4v) is 3.37. The van der Waals surface area contributed by atoms with Crippen LogP contribution in [-0.2, 0) is 6.54 Å². The van der Waals surface area contributed by atoms with E-state index < -0.39 is 0 Å². The normalized spacial score (nSPS) is 13.7. The zero-order valence-corrected chi connectivity index (χ0v) is 15.8. The molecule has 4 rings (SSSR count). The second-order valence-corrected chi connectivity index (χ2v) is 6.46. The van der Waals surface area contributed by atoms with Crippen molar-refractivity contribution in [2.24, 2.45) is 0 Å². The van der Waals surface area contributed by atoms with E-state index in [1.54, 1.807) is 26.4 Å². The van der Waals surface area contributed by atoms with Crippen molar-refractivity contribution in [1.29, 1.82) is 0 Å². The Morgan fingerprint density at radius 1 is 1.21 bits per heavy atom. The highest BCUT2D eigenvalue weighted by atomic mass is 16.5. The van der Waals surface area contributed by atoms with Crippen molar-refractivity contribution in [3.63, 3.8) is 0 Å². The molecule has 1 aliphatic rings. The topological polar surface area (TPSA) is 103 Å². The van der Waals surface area contributed by atoms with Crippen LogP contribution in [0.5, 0.6) is 11.5 Å². The summed E-state index contributed by atoms with van der Waals surface area (Å²) in [7, 11) is 3.17. The SMILES string of the molecule is COc1ccc(OC)c(CNC(=O)c2noc3ncnc(N4CCCC4)c23)c1. The number of hydrogen-bond acceptors (Lipinski definition) is 8. The molecule has 1 N–H and O–H groups in total. The number of nitrogens with one attached hydrogen (secondary N) is 1. The predicted molar refractivity (Wildman–Crippen MR) is 102 cm³/mol. The van der Waals surface area contributed by atoms with Gasteiger partial charge in [-0.15, -0.1) is 0 Å². The fraction of sp³-hybridized carbons (Fsp3) is 0.368. The molecule has 1 fully saturated rings. The number of hydrogen-bond donors (Lipinski definition) is 1. The molecule has 28 heavy (non-hydrogen) atoms. The number of carbonyl (C=O) groups is 1. The van der Waals surface area contributed by atoms with Crippen LogP contribution < -0.4 is 19.7 Å². The first-order valence-electron chi connectivity index (χ1n) is 9.05. The molecule has 2 aromatic heterocycles. The molecule has 9 heteroatoms. The van der Waals surface area contributed by atoms with Gasteiger partial charge in [0.15, 0.2) is 5.69 Å². The highest BCUT2D eigenvalue weighted by molar-refractivity contribution is 6.07. The molecule has 0 saturated carbocycles. The third kappa shape index (κ3) is 3.30. The van der Waals surface area contributed by atoms with Gasteiger partial charge >= 0.3 is 0 Å². The first kappa shape index (κ1) is 18.0. The minimum Gasteiger partial charge on any atom is -0.497 e. The number of rotatable bonds is 6. The average Bonchev–Trinajstić information content (AvgIpc) is 3.41. The highest BCUT2D eigenvalue weighted by Gasteiger charge is 2.25. The van der Waals surface area contributed by atoms with Gasteiger partial charge in [-0.1, -0.05) is 5.16 Å². The number of ether oxygens (including phenoxy) is 2. The average molecular weight is 383 g/mol. The summed E-state index contributed by atoms with van der Waals surface area (Å²) in [5.74, 6) is 1.67. The number of fused-ring (bicyclic) bond motifs is 1. The van der Waals surface area contributed by atoms with Gasteiger partial charge in [0.2, 0.25) is 0 Å². The number of benzene rings is 1. The van der Waals surface area contributed by atoms with Crippen LogP contribution in [0.4, 0.5) is 5.82 Å². The largest absolute Gasteiger partial charge is 0.497 e. The minimum atomic E-state index is -0.362. The van der Waals surface area contributed by atoms with Crippen molar-refractivity contribution in [2.75, 3.05) is 32.2 Å². The van der Waals surface area contributed by atoms with E-state index in [1.165, 1.54) is 6.33 Å². The molecule has 9 nitrogen and oxygen atoms in total. The second kappa shape index (κ2) is 7.71. The quantitative estimate of drug-likeness (QED) is 0.691. The van der Waals surface area contributed by atoms with E-state index >= 15 is 0 Å². The van der Waals surface area contributed by atoms with Gasteiger partial charge < -0.3 is 24.2 Å². The van der Waals surface area contributed by atoms with Gasteiger partial charge in [0.25, 0.3) is 11.6 Å². The van der Waals surface area contributed by atoms with Crippen LogP contribution in [0.25, 0.3) is 11.1 Å². The maximum atomic E-state index is 12.8. The summed E-state index contributed by atoms with van der Waals surface area (Å²) in [5.41, 5.74) is 1.28. The van der Waals surface area contributed by atoms with Crippen LogP contribution >= 0.6 is 0 Å². The fourth-order valence-electron chi connectivity index (χ4n) is 3.37. The second-order valence-electron chi connectivity index (χ2n) is 6.46. The first-order chi connectivity index (χ1) is 13.7. The van der Waals surface area contributed by atoms with Gasteiger partial charge in [-0.25, -0.2) is 4.98 Å². The minimum absolute atomic E-state index is 0.180. The number of methoxy groups -OCH3 is 2. The highest BCUT2D eigenvalue weighted by Crippen LogP contribution is 2.29. The van der Waals surface area contributed by atoms with Crippen LogP contribution in [0.3, 0.4) is 0 Å². The molecule has 0 atom stereocenters. The summed E-state index contributed by atoms with van der Waals surface area (Å²) in [6, 6.07) is 5.42. The van der Waals surface area contributed by atoms with Gasteiger partial charge in [0.05, 0.1) is 14.2 Å². The van der Waals surface area contributed by atoms with E-state index in [2.05, 4.69) is 25.3 Å². The molecule has 1 aliphatic heterocycles. The molecule has 1 amide bonds. The summed E-state index contributed by atoms with van der Waals surface area (Å²) in [5, 5.41) is 7.35. The van der Waals surface area contributed by atoms with Crippen molar-refractivity contribution >= 4 is 22.8 Å². The van der Waals surface area contributed by atoms with E-state index in [4.69, 9.17) is 14.0 Å². The van der Waals surface area contributed by atoms with Crippen molar-refractivity contribution in [3.8, 4) is 11.5 Å². The van der Waals surface area contributed by atoms with E-state index in [-0.39, 0.29) is 18.1 Å². The van der Waals surface area contributed by atoms with E-state index in [1.807, 2.05) is 6.07 Å². The zero-order valence-electron chi connectivity index (χ0n) is 15.8. The lowest BCUT2D eigenvalue weighted by molar-refractivity contribution is 0.0943. The lowest BCUT2D eigenvalue weighted by Crippen LogP contribution is -2.25. The summed E-state index contributed by atoms with van der Waals surface area (Å²) in [4.78, 5) is 23.4. The Morgan fingerprint density at radius 3 is 2.79 bits per heavy atom. The van der Waals surface area contributed by atoms with Gasteiger partial charge in [0.1, 0.15) is 29.0 Å². The van der Waals surface area contributed by atoms with E-state index in [9.17, 15) is 4.79 Å². The third-order valence-corrected chi connectivity index (χ3v) is 4.80. The molecule has 3 aromatic rings. The van der Waals surface area contributed by atoms with Gasteiger partial charge in [-0.2, -0.15) is 4.98 Å². The number of nitrogens with zero attached hydrogens (tertiary/aromatic N) is 4. The standard InChI is InChI=1S/C19H21N5O4/c1-26-13-5-6-14(27-2)12(9-13)10-20-18(25)16-15-17(24-7-3-4-8-24)21-11-22-19(15)28-23-16/h5-6,9,11H,3-4,7-8,10H2,1-2H3,(H,20,25). The molecular formula is C19H21N5O4. The third-order valence-electron chi connectivity index (χ3n) is 4.80. The van der Waals surface area contributed by atoms with Crippen LogP contribution in [-0.4, -0.2) is 48.3 Å². The Labute approximate surface area is 161 Å². The molecule has 0 bridgehead atoms. The van der Waals surface area contributed by atoms with Crippen LogP contribution in [0, 0.1) is 0 Å². The Hall–Kier alpha value is -3.36. The predicted octanol–water partition coefficient (Wildman–Crippen LogP) is 2.17. The van der Waals surface area contributed by atoms with Crippen LogP contribution in [0.1, 0.15) is 28.9 Å². The number of anilines is 1. The van der Waals surface area contributed by atoms with Crippen molar-refractivity contribution in [1.82, 2.24) is 20.4 Å². The van der Waals surface area contributed by atoms with Gasteiger partial charge in [-0.05, 0) is 31.0 Å². The lowest BCUT2D eigenvalue weighted by Gasteiger charge is -2.16. The van der Waals surface area contributed by atoms with Gasteiger partial charge in [0, 0.05) is 25.2 Å². The maximum absolute atomic E-state index is 12.8. The zero-order chi connectivity index (χ0) is 19.5. The molecule has 0 unspecified atom stereocenters. The molecule has 1 aromatic carbocycles. The molecule has 0 spiro atoms. The summed E-state index contributed by atoms with van der Waals surface area (Å²) in [6.07, 6.45) is 3.62. The molecule has 0 radical (unpaired) electrons. The summed E-state index contributed by atoms with van der Waals surface area (Å²) in [6.45, 7) is 2.03. The number of carbonyl (C=O) groups excluding carboxylic acids is 1. The Morgan fingerprint density at radius 2 is 2.04 bits per heavy atom. The lowest BCUT2D eigenvalue weighted by atomic mass is 10.1. The Bertz CT molecular complexity index is 997. The first-order valence-corrected chi connectivity index (χ1v) is 9.05. The summed E-state index contributed by atoms with van der Waals surface area (Å²) >= 11 is 0. The van der Waals surface area contributed by atoms with E-state index in [0.717, 1.165) is 31.5 Å². The van der Waals surface area contributed by atoms with Crippen molar-refractivity contribution in [2.45, 2.75) is 19.4 Å². The molecule has 146 valence electrons. The van der Waals surface area contributed by atoms with Crippen LogP contribution in [0.15, 0.2) is 29.0 Å². The molecule has 3 heterocycles. The Balaban J connectivity index is 1.60. The number of aromatic nitrogens is 3. The molecular weight excluding hydrogens is 362 g/mol. The van der Waals surface area contributed by atoms with Gasteiger partial charge in [-0.3, -0.25) is 4.79 Å². The smallest absolute Gasteiger partial charge is 0.274 e. The van der Waals surface area contributed by atoms with Crippen molar-refractivity contribution < 1.29 is 18.8 Å². The Kier molecular flexibility index (Phi) is 4.96. The van der Waals surface area contributed by atoms with Crippen molar-refractivity contribution in [3.05, 3.63) is 35.8 Å².